The van der Waals surface area contributed by atoms with Gasteiger partial charge in [0.2, 0.25) is 0 Å². The topological polar surface area (TPSA) is 73.2 Å². The number of hydrogen-bond acceptors (Lipinski definition) is 7. The van der Waals surface area contributed by atoms with Gasteiger partial charge < -0.3 is 28.7 Å². The molecule has 0 saturated carbocycles. The third-order valence-corrected chi connectivity index (χ3v) is 7.43. The Morgan fingerprint density at radius 2 is 1.57 bits per heavy atom. The molecule has 3 heterocycles. The first kappa shape index (κ1) is 25.7. The number of nitrogens with zero attached hydrogens (tertiary/aromatic N) is 1. The molecule has 3 aromatic rings. The lowest BCUT2D eigenvalue weighted by molar-refractivity contribution is 0.00578. The van der Waals surface area contributed by atoms with Crippen LogP contribution in [0.3, 0.4) is 0 Å². The van der Waals surface area contributed by atoms with E-state index in [1.54, 1.807) is 6.07 Å². The molecule has 1 atom stereocenters. The number of anilines is 2. The maximum absolute atomic E-state index is 13.9. The molecule has 0 aliphatic carbocycles. The summed E-state index contributed by atoms with van der Waals surface area (Å²) in [5.41, 5.74) is 0.621. The van der Waals surface area contributed by atoms with Crippen molar-refractivity contribution < 1.29 is 27.2 Å². The molecule has 2 aliphatic heterocycles. The number of fused-ring (bicyclic) bond motifs is 1. The summed E-state index contributed by atoms with van der Waals surface area (Å²) in [5, 5.41) is 3.52. The molecule has 7 nitrogen and oxygen atoms in total. The van der Waals surface area contributed by atoms with Gasteiger partial charge in [0.25, 0.3) is 0 Å². The Morgan fingerprint density at radius 1 is 0.946 bits per heavy atom. The van der Waals surface area contributed by atoms with Crippen LogP contribution in [0.5, 0.6) is 0 Å². The van der Waals surface area contributed by atoms with Crippen molar-refractivity contribution in [3.63, 3.8) is 0 Å². The van der Waals surface area contributed by atoms with Gasteiger partial charge in [0, 0.05) is 36.5 Å². The Labute approximate surface area is 214 Å². The Bertz CT molecular complexity index is 1350. The fourth-order valence-electron chi connectivity index (χ4n) is 4.64. The van der Waals surface area contributed by atoms with Crippen molar-refractivity contribution in [2.45, 2.75) is 51.9 Å². The van der Waals surface area contributed by atoms with E-state index in [0.29, 0.717) is 54.2 Å². The third kappa shape index (κ3) is 4.97. The zero-order valence-electron chi connectivity index (χ0n) is 21.7. The zero-order valence-corrected chi connectivity index (χ0v) is 21.7. The van der Waals surface area contributed by atoms with Crippen molar-refractivity contribution in [3.05, 3.63) is 63.8 Å². The van der Waals surface area contributed by atoms with Crippen molar-refractivity contribution in [2.24, 2.45) is 0 Å². The summed E-state index contributed by atoms with van der Waals surface area (Å²) in [5.74, 6) is -0.923. The molecule has 1 aromatic heterocycles. The normalized spacial score (nSPS) is 19.9. The van der Waals surface area contributed by atoms with Gasteiger partial charge in [-0.05, 0) is 58.3 Å². The van der Waals surface area contributed by atoms with E-state index in [9.17, 15) is 13.6 Å². The van der Waals surface area contributed by atoms with Crippen LogP contribution in [0.15, 0.2) is 45.6 Å². The standard InChI is InChI=1S/C27H31BF2N2O5/c1-16(31-20-13-18(29)12-19(30)14-20)21-10-17(28-36-26(2,3)27(4,5)37-28)11-22-23(33)15-24(35-25(21)22)32-6-8-34-9-7-32/h10-16,31H,6-9H2,1-5H3. The molecule has 1 unspecified atom stereocenters. The van der Waals surface area contributed by atoms with Crippen LogP contribution < -0.4 is 21.1 Å². The fourth-order valence-corrected chi connectivity index (χ4v) is 4.64. The largest absolute Gasteiger partial charge is 0.494 e. The quantitative estimate of drug-likeness (QED) is 0.509. The highest BCUT2D eigenvalue weighted by atomic mass is 19.1. The Morgan fingerprint density at radius 3 is 2.19 bits per heavy atom. The molecule has 0 radical (unpaired) electrons. The van der Waals surface area contributed by atoms with Gasteiger partial charge in [-0.1, -0.05) is 6.07 Å². The van der Waals surface area contributed by atoms with Crippen LogP contribution in [0.25, 0.3) is 11.0 Å². The van der Waals surface area contributed by atoms with Gasteiger partial charge in [-0.3, -0.25) is 4.79 Å². The summed E-state index contributed by atoms with van der Waals surface area (Å²) in [4.78, 5) is 15.3. The number of hydrogen-bond donors (Lipinski definition) is 1. The van der Waals surface area contributed by atoms with Crippen LogP contribution in [0, 0.1) is 11.6 Å². The zero-order chi connectivity index (χ0) is 26.5. The predicted molar refractivity (Wildman–Crippen MR) is 140 cm³/mol. The Kier molecular flexibility index (Phi) is 6.54. The first-order valence-corrected chi connectivity index (χ1v) is 12.5. The van der Waals surface area contributed by atoms with Gasteiger partial charge in [-0.15, -0.1) is 0 Å². The van der Waals surface area contributed by atoms with Crippen molar-refractivity contribution in [1.82, 2.24) is 0 Å². The number of ether oxygens (including phenoxy) is 1. The second kappa shape index (κ2) is 9.42. The molecular formula is C27H31BF2N2O5. The Hall–Kier alpha value is -2.95. The molecule has 5 rings (SSSR count). The van der Waals surface area contributed by atoms with Gasteiger partial charge in [0.1, 0.15) is 17.2 Å². The lowest BCUT2D eigenvalue weighted by atomic mass is 9.77. The molecule has 0 amide bonds. The van der Waals surface area contributed by atoms with E-state index in [2.05, 4.69) is 5.32 Å². The maximum atomic E-state index is 13.9. The van der Waals surface area contributed by atoms with Crippen molar-refractivity contribution in [2.75, 3.05) is 36.5 Å². The summed E-state index contributed by atoms with van der Waals surface area (Å²) < 4.78 is 52.0. The van der Waals surface area contributed by atoms with Crippen LogP contribution in [-0.2, 0) is 14.0 Å². The number of morpholine rings is 1. The summed E-state index contributed by atoms with van der Waals surface area (Å²) in [6, 6.07) is 7.87. The molecule has 1 N–H and O–H groups in total. The minimum Gasteiger partial charge on any atom is -0.440 e. The summed E-state index contributed by atoms with van der Waals surface area (Å²) >= 11 is 0. The first-order valence-electron chi connectivity index (χ1n) is 12.5. The summed E-state index contributed by atoms with van der Waals surface area (Å²) in [6.07, 6.45) is 0. The molecule has 10 heteroatoms. The van der Waals surface area contributed by atoms with Crippen LogP contribution in [0.1, 0.15) is 46.2 Å². The van der Waals surface area contributed by atoms with Gasteiger partial charge >= 0.3 is 7.12 Å². The molecule has 196 valence electrons. The van der Waals surface area contributed by atoms with E-state index < -0.39 is 36.0 Å². The molecule has 2 aliphatic rings. The number of rotatable bonds is 5. The molecule has 0 bridgehead atoms. The molecule has 2 saturated heterocycles. The number of benzene rings is 2. The van der Waals surface area contributed by atoms with E-state index in [1.165, 1.54) is 18.2 Å². The van der Waals surface area contributed by atoms with E-state index in [-0.39, 0.29) is 11.1 Å². The van der Waals surface area contributed by atoms with Crippen LogP contribution in [0.2, 0.25) is 0 Å². The summed E-state index contributed by atoms with van der Waals surface area (Å²) in [7, 11) is -0.703. The van der Waals surface area contributed by atoms with E-state index >= 15 is 0 Å². The van der Waals surface area contributed by atoms with Crippen molar-refractivity contribution in [3.8, 4) is 0 Å². The SMILES string of the molecule is CC(Nc1cc(F)cc(F)c1)c1cc(B2OC(C)(C)C(C)(C)O2)cc2c(=O)cc(N3CCOCC3)oc12. The lowest BCUT2D eigenvalue weighted by Crippen LogP contribution is -2.41. The average Bonchev–Trinajstić information content (AvgIpc) is 3.05. The highest BCUT2D eigenvalue weighted by Crippen LogP contribution is 2.37. The highest BCUT2D eigenvalue weighted by molar-refractivity contribution is 6.62. The number of halogens is 2. The second-order valence-electron chi connectivity index (χ2n) is 10.6. The van der Waals surface area contributed by atoms with Crippen LogP contribution >= 0.6 is 0 Å². The average molecular weight is 512 g/mol. The summed E-state index contributed by atoms with van der Waals surface area (Å²) in [6.45, 7) is 12.0. The van der Waals surface area contributed by atoms with Gasteiger partial charge in [0.15, 0.2) is 11.3 Å². The van der Waals surface area contributed by atoms with Crippen molar-refractivity contribution >= 4 is 35.1 Å². The van der Waals surface area contributed by atoms with Gasteiger partial charge in [0.05, 0.1) is 35.8 Å². The minimum absolute atomic E-state index is 0.202. The lowest BCUT2D eigenvalue weighted by Gasteiger charge is -2.32. The van der Waals surface area contributed by atoms with Crippen LogP contribution in [0.4, 0.5) is 20.4 Å². The molecule has 37 heavy (non-hydrogen) atoms. The third-order valence-electron chi connectivity index (χ3n) is 7.43. The van der Waals surface area contributed by atoms with Crippen LogP contribution in [-0.4, -0.2) is 44.6 Å². The number of nitrogens with one attached hydrogen (secondary N) is 1. The molecular weight excluding hydrogens is 481 g/mol. The van der Waals surface area contributed by atoms with Gasteiger partial charge in [-0.2, -0.15) is 0 Å². The van der Waals surface area contributed by atoms with E-state index in [1.807, 2.05) is 45.6 Å². The highest BCUT2D eigenvalue weighted by Gasteiger charge is 2.52. The van der Waals surface area contributed by atoms with E-state index in [0.717, 1.165) is 6.07 Å². The molecule has 0 spiro atoms. The first-order chi connectivity index (χ1) is 17.4. The molecule has 2 aromatic carbocycles. The monoisotopic (exact) mass is 512 g/mol. The molecule has 2 fully saturated rings. The van der Waals surface area contributed by atoms with E-state index in [4.69, 9.17) is 18.5 Å². The fraction of sp³-hybridized carbons (Fsp3) is 0.444. The minimum atomic E-state index is -0.703. The predicted octanol–water partition coefficient (Wildman–Crippen LogP) is 4.38. The smallest absolute Gasteiger partial charge is 0.440 e. The van der Waals surface area contributed by atoms with Crippen molar-refractivity contribution in [1.29, 1.82) is 0 Å². The Balaban J connectivity index is 1.62. The maximum Gasteiger partial charge on any atom is 0.494 e. The van der Waals surface area contributed by atoms with Gasteiger partial charge in [-0.25, -0.2) is 8.78 Å². The second-order valence-corrected chi connectivity index (χ2v) is 10.6.